The number of carboxylic acid groups (broad SMARTS) is 2. The molecule has 34 heavy (non-hydrogen) atoms. The molecule has 3 aromatic carbocycles. The van der Waals surface area contributed by atoms with Crippen molar-refractivity contribution in [2.75, 3.05) is 19.3 Å². The molecule has 2 aliphatic rings. The van der Waals surface area contributed by atoms with Gasteiger partial charge < -0.3 is 31.9 Å². The SMILES string of the molecule is CN1CCc2cccc3c2[C@H]1Cc1ccc(O)c(O)c1-3.NC(=O)O.Nc1ccccc1C(=O)O. The van der Waals surface area contributed by atoms with Crippen LogP contribution in [0.25, 0.3) is 11.1 Å². The second-order valence-corrected chi connectivity index (χ2v) is 8.03. The van der Waals surface area contributed by atoms with E-state index >= 15 is 0 Å². The normalized spacial score (nSPS) is 15.4. The van der Waals surface area contributed by atoms with Gasteiger partial charge in [-0.05, 0) is 60.3 Å². The van der Waals surface area contributed by atoms with Gasteiger partial charge in [0, 0.05) is 23.8 Å². The van der Waals surface area contributed by atoms with Crippen LogP contribution in [0.4, 0.5) is 10.5 Å². The van der Waals surface area contributed by atoms with Gasteiger partial charge in [0.25, 0.3) is 0 Å². The Morgan fingerprint density at radius 2 is 1.65 bits per heavy atom. The Morgan fingerprint density at radius 3 is 2.26 bits per heavy atom. The van der Waals surface area contributed by atoms with E-state index in [9.17, 15) is 15.0 Å². The highest BCUT2D eigenvalue weighted by atomic mass is 16.4. The van der Waals surface area contributed by atoms with E-state index in [1.807, 2.05) is 6.07 Å². The zero-order valence-electron chi connectivity index (χ0n) is 18.6. The lowest BCUT2D eigenvalue weighted by Crippen LogP contribution is -2.35. The molecule has 0 spiro atoms. The van der Waals surface area contributed by atoms with Crippen molar-refractivity contribution in [2.45, 2.75) is 18.9 Å². The van der Waals surface area contributed by atoms with E-state index in [2.05, 4.69) is 35.9 Å². The Labute approximate surface area is 196 Å². The number of hydrogen-bond acceptors (Lipinski definition) is 6. The fourth-order valence-electron chi connectivity index (χ4n) is 4.37. The van der Waals surface area contributed by atoms with Crippen molar-refractivity contribution in [3.05, 3.63) is 76.9 Å². The minimum absolute atomic E-state index is 0.0163. The molecule has 178 valence electrons. The third kappa shape index (κ3) is 5.05. The number of carbonyl (C=O) groups is 2. The van der Waals surface area contributed by atoms with Gasteiger partial charge in [-0.3, -0.25) is 4.90 Å². The van der Waals surface area contributed by atoms with Crippen LogP contribution < -0.4 is 11.5 Å². The van der Waals surface area contributed by atoms with Crippen LogP contribution in [0.15, 0.2) is 54.6 Å². The molecule has 9 nitrogen and oxygen atoms in total. The Bertz CT molecular complexity index is 1220. The lowest BCUT2D eigenvalue weighted by molar-refractivity contribution is 0.0698. The van der Waals surface area contributed by atoms with Crippen molar-refractivity contribution < 1.29 is 30.0 Å². The number of anilines is 1. The van der Waals surface area contributed by atoms with Crippen LogP contribution in [0, 0.1) is 0 Å². The average Bonchev–Trinajstić information content (AvgIpc) is 2.79. The molecule has 0 fully saturated rings. The number of phenolic OH excluding ortho intramolecular Hbond substituents is 2. The number of likely N-dealkylation sites (N-methyl/N-ethyl adjacent to an activating group) is 1. The fraction of sp³-hybridized carbons (Fsp3) is 0.200. The van der Waals surface area contributed by atoms with Gasteiger partial charge in [-0.1, -0.05) is 36.4 Å². The van der Waals surface area contributed by atoms with Gasteiger partial charge in [0.15, 0.2) is 11.5 Å². The first kappa shape index (κ1) is 24.4. The van der Waals surface area contributed by atoms with E-state index in [1.165, 1.54) is 17.2 Å². The number of benzene rings is 3. The topological polar surface area (TPSA) is 170 Å². The number of fused-ring (bicyclic) bond motifs is 2. The molecule has 0 saturated heterocycles. The number of rotatable bonds is 1. The van der Waals surface area contributed by atoms with Gasteiger partial charge >= 0.3 is 12.1 Å². The Hall–Kier alpha value is -4.24. The summed E-state index contributed by atoms with van der Waals surface area (Å²) in [5.74, 6) is -1.01. The molecule has 9 heteroatoms. The lowest BCUT2D eigenvalue weighted by atomic mass is 9.77. The first-order chi connectivity index (χ1) is 16.1. The summed E-state index contributed by atoms with van der Waals surface area (Å²) in [6, 6.07) is 16.6. The number of para-hydroxylation sites is 1. The van der Waals surface area contributed by atoms with E-state index in [1.54, 1.807) is 24.3 Å². The molecule has 0 saturated carbocycles. The summed E-state index contributed by atoms with van der Waals surface area (Å²) in [6.07, 6.45) is 0.606. The van der Waals surface area contributed by atoms with Gasteiger partial charge in [0.1, 0.15) is 0 Å². The summed E-state index contributed by atoms with van der Waals surface area (Å²) in [4.78, 5) is 21.5. The van der Waals surface area contributed by atoms with E-state index < -0.39 is 12.1 Å². The molecule has 5 rings (SSSR count). The highest BCUT2D eigenvalue weighted by Gasteiger charge is 2.34. The minimum atomic E-state index is -1.33. The number of amides is 1. The minimum Gasteiger partial charge on any atom is -0.504 e. The first-order valence-corrected chi connectivity index (χ1v) is 10.5. The van der Waals surface area contributed by atoms with Gasteiger partial charge in [0.2, 0.25) is 0 Å². The smallest absolute Gasteiger partial charge is 0.402 e. The summed E-state index contributed by atoms with van der Waals surface area (Å²) in [7, 11) is 2.16. The molecular weight excluding hydrogens is 438 g/mol. The van der Waals surface area contributed by atoms with E-state index in [4.69, 9.17) is 20.7 Å². The van der Waals surface area contributed by atoms with Gasteiger partial charge in [-0.25, -0.2) is 9.59 Å². The van der Waals surface area contributed by atoms with Gasteiger partial charge in [0.05, 0.1) is 5.56 Å². The van der Waals surface area contributed by atoms with Gasteiger partial charge in [-0.2, -0.15) is 0 Å². The summed E-state index contributed by atoms with van der Waals surface area (Å²) >= 11 is 0. The van der Waals surface area contributed by atoms with Crippen LogP contribution in [-0.4, -0.2) is 51.0 Å². The molecule has 8 N–H and O–H groups in total. The molecule has 1 heterocycles. The second-order valence-electron chi connectivity index (χ2n) is 8.03. The number of phenols is 2. The van der Waals surface area contributed by atoms with Crippen LogP contribution >= 0.6 is 0 Å². The standard InChI is InChI=1S/C17H17NO2.C7H7NO2.CH3NO2/c1-18-8-7-10-3-2-4-12-15(10)13(18)9-11-5-6-14(19)17(20)16(11)12;8-6-4-2-1-3-5(6)7(9)10;2-1(3)4/h2-6,13,19-20H,7-9H2,1H3;1-4H,8H2,(H,9,10);2H2,(H,3,4)/t13-;;/m1../s1. The molecule has 1 amide bonds. The van der Waals surface area contributed by atoms with Crippen molar-refractivity contribution in [1.82, 2.24) is 4.90 Å². The van der Waals surface area contributed by atoms with Gasteiger partial charge in [-0.15, -0.1) is 0 Å². The van der Waals surface area contributed by atoms with Crippen LogP contribution in [0.2, 0.25) is 0 Å². The van der Waals surface area contributed by atoms with Crippen molar-refractivity contribution in [1.29, 1.82) is 0 Å². The monoisotopic (exact) mass is 465 g/mol. The highest BCUT2D eigenvalue weighted by Crippen LogP contribution is 2.49. The molecule has 1 aliphatic carbocycles. The number of aromatic hydroxyl groups is 2. The predicted molar refractivity (Wildman–Crippen MR) is 128 cm³/mol. The van der Waals surface area contributed by atoms with Crippen LogP contribution in [0.3, 0.4) is 0 Å². The Kier molecular flexibility index (Phi) is 7.28. The summed E-state index contributed by atoms with van der Waals surface area (Å²) in [5.41, 5.74) is 15.5. The molecule has 1 aliphatic heterocycles. The zero-order valence-corrected chi connectivity index (χ0v) is 18.6. The summed E-state index contributed by atoms with van der Waals surface area (Å²) < 4.78 is 0. The molecule has 0 aromatic heterocycles. The molecule has 3 aromatic rings. The maximum absolute atomic E-state index is 10.3. The quantitative estimate of drug-likeness (QED) is 0.234. The molecule has 0 unspecified atom stereocenters. The Morgan fingerprint density at radius 1 is 0.971 bits per heavy atom. The van der Waals surface area contributed by atoms with Crippen molar-refractivity contribution in [3.63, 3.8) is 0 Å². The number of hydrogen-bond donors (Lipinski definition) is 6. The average molecular weight is 466 g/mol. The first-order valence-electron chi connectivity index (χ1n) is 10.5. The van der Waals surface area contributed by atoms with Crippen LogP contribution in [-0.2, 0) is 12.8 Å². The van der Waals surface area contributed by atoms with E-state index in [-0.39, 0.29) is 17.1 Å². The maximum atomic E-state index is 10.3. The number of nitrogen functional groups attached to an aromatic ring is 1. The third-order valence-corrected chi connectivity index (χ3v) is 5.91. The van der Waals surface area contributed by atoms with Crippen molar-refractivity contribution in [2.24, 2.45) is 5.73 Å². The fourth-order valence-corrected chi connectivity index (χ4v) is 4.37. The zero-order chi connectivity index (χ0) is 25.0. The van der Waals surface area contributed by atoms with Crippen molar-refractivity contribution >= 4 is 17.7 Å². The predicted octanol–water partition coefficient (Wildman–Crippen LogP) is 3.44. The highest BCUT2D eigenvalue weighted by molar-refractivity contribution is 5.93. The van der Waals surface area contributed by atoms with E-state index in [0.29, 0.717) is 11.7 Å². The van der Waals surface area contributed by atoms with E-state index in [0.717, 1.165) is 36.1 Å². The number of primary amides is 1. The molecule has 0 bridgehead atoms. The molecular formula is C25H27N3O6. The number of nitrogens with zero attached hydrogens (tertiary/aromatic N) is 1. The number of carboxylic acids is 1. The second kappa shape index (κ2) is 10.1. The lowest BCUT2D eigenvalue weighted by Gasteiger charge is -2.39. The number of nitrogens with two attached hydrogens (primary N) is 2. The van der Waals surface area contributed by atoms with Crippen LogP contribution in [0.1, 0.15) is 33.1 Å². The Balaban J connectivity index is 0.000000194. The third-order valence-electron chi connectivity index (χ3n) is 5.91. The summed E-state index contributed by atoms with van der Waals surface area (Å²) in [6.45, 7) is 1.07. The number of aromatic carboxylic acids is 1. The largest absolute Gasteiger partial charge is 0.504 e. The molecule has 1 atom stereocenters. The summed E-state index contributed by atoms with van der Waals surface area (Å²) in [5, 5.41) is 35.7. The molecule has 0 radical (unpaired) electrons. The van der Waals surface area contributed by atoms with Crippen LogP contribution in [0.5, 0.6) is 11.5 Å². The van der Waals surface area contributed by atoms with Crippen molar-refractivity contribution in [3.8, 4) is 22.6 Å². The maximum Gasteiger partial charge on any atom is 0.402 e.